The molecule has 0 saturated carbocycles. The summed E-state index contributed by atoms with van der Waals surface area (Å²) in [5.74, 6) is 0.309. The Hall–Kier alpha value is -3.09. The zero-order valence-corrected chi connectivity index (χ0v) is 19.3. The van der Waals surface area contributed by atoms with Crippen LogP contribution in [-0.4, -0.2) is 55.3 Å². The van der Waals surface area contributed by atoms with E-state index in [-0.39, 0.29) is 11.9 Å². The van der Waals surface area contributed by atoms with E-state index in [1.165, 1.54) is 12.1 Å². The topological polar surface area (TPSA) is 54.4 Å². The summed E-state index contributed by atoms with van der Waals surface area (Å²) in [5, 5.41) is 0. The average molecular weight is 442 g/mol. The van der Waals surface area contributed by atoms with Crippen molar-refractivity contribution in [1.29, 1.82) is 0 Å². The average Bonchev–Trinajstić information content (AvgIpc) is 2.77. The van der Waals surface area contributed by atoms with Gasteiger partial charge in [0.2, 0.25) is 5.90 Å². The quantitative estimate of drug-likeness (QED) is 0.491. The summed E-state index contributed by atoms with van der Waals surface area (Å²) in [4.78, 5) is 20.8. The summed E-state index contributed by atoms with van der Waals surface area (Å²) in [6, 6.07) is 14.4. The van der Waals surface area contributed by atoms with Crippen LogP contribution in [-0.2, 0) is 16.0 Å². The van der Waals surface area contributed by atoms with Gasteiger partial charge in [-0.2, -0.15) is 0 Å². The molecule has 0 aliphatic carbocycles. The minimum Gasteiger partial charge on any atom is -0.478 e. The lowest BCUT2D eigenvalue weighted by Crippen LogP contribution is -2.50. The maximum atomic E-state index is 13.1. The van der Waals surface area contributed by atoms with Crippen molar-refractivity contribution >= 4 is 17.7 Å². The van der Waals surface area contributed by atoms with E-state index in [9.17, 15) is 9.18 Å². The van der Waals surface area contributed by atoms with Crippen molar-refractivity contribution in [1.82, 2.24) is 4.90 Å². The van der Waals surface area contributed by atoms with Crippen LogP contribution in [0.25, 0.3) is 0 Å². The lowest BCUT2D eigenvalue weighted by atomic mass is 10.1. The smallest absolute Gasteiger partial charge is 0.410 e. The Labute approximate surface area is 189 Å². The third-order valence-electron chi connectivity index (χ3n) is 5.01. The lowest BCUT2D eigenvalue weighted by Gasteiger charge is -2.36. The van der Waals surface area contributed by atoms with Crippen LogP contribution < -0.4 is 4.90 Å². The van der Waals surface area contributed by atoms with Crippen LogP contribution >= 0.6 is 0 Å². The monoisotopic (exact) mass is 441 g/mol. The molecule has 1 aliphatic heterocycles. The second kappa shape index (κ2) is 10.5. The van der Waals surface area contributed by atoms with Gasteiger partial charge in [0, 0.05) is 37.4 Å². The number of piperazine rings is 1. The van der Waals surface area contributed by atoms with E-state index in [4.69, 9.17) is 9.47 Å². The van der Waals surface area contributed by atoms with Crippen molar-refractivity contribution in [3.8, 4) is 0 Å². The van der Waals surface area contributed by atoms with Gasteiger partial charge >= 0.3 is 6.09 Å². The molecule has 1 fully saturated rings. The number of hydrogen-bond donors (Lipinski definition) is 0. The number of halogens is 1. The molecule has 1 amide bonds. The fourth-order valence-corrected chi connectivity index (χ4v) is 3.40. The number of amides is 1. The minimum atomic E-state index is -0.486. The number of nitrogens with zero attached hydrogens (tertiary/aromatic N) is 3. The van der Waals surface area contributed by atoms with Gasteiger partial charge in [0.1, 0.15) is 11.4 Å². The Bertz CT molecular complexity index is 913. The van der Waals surface area contributed by atoms with E-state index in [2.05, 4.69) is 9.89 Å². The minimum absolute atomic E-state index is 0.258. The van der Waals surface area contributed by atoms with Crippen LogP contribution in [0.4, 0.5) is 14.9 Å². The molecule has 0 radical (unpaired) electrons. The molecule has 0 N–H and O–H groups in total. The Morgan fingerprint density at radius 3 is 2.19 bits per heavy atom. The van der Waals surface area contributed by atoms with Crippen molar-refractivity contribution in [2.45, 2.75) is 39.8 Å². The molecule has 1 heterocycles. The molecule has 0 atom stereocenters. The normalized spacial score (nSPS) is 15.0. The van der Waals surface area contributed by atoms with Crippen LogP contribution in [0.15, 0.2) is 53.5 Å². The number of anilines is 1. The Morgan fingerprint density at radius 2 is 1.62 bits per heavy atom. The molecule has 6 nitrogen and oxygen atoms in total. The molecule has 7 heteroatoms. The van der Waals surface area contributed by atoms with Crippen LogP contribution in [0, 0.1) is 5.82 Å². The van der Waals surface area contributed by atoms with Gasteiger partial charge in [-0.3, -0.25) is 0 Å². The van der Waals surface area contributed by atoms with Gasteiger partial charge in [-0.05, 0) is 69.7 Å². The van der Waals surface area contributed by atoms with Gasteiger partial charge in [0.25, 0.3) is 0 Å². The van der Waals surface area contributed by atoms with Gasteiger partial charge < -0.3 is 19.3 Å². The van der Waals surface area contributed by atoms with Crippen molar-refractivity contribution in [3.05, 3.63) is 65.5 Å². The number of ether oxygens (including phenoxy) is 2. The van der Waals surface area contributed by atoms with Crippen LogP contribution in [0.2, 0.25) is 0 Å². The molecule has 172 valence electrons. The summed E-state index contributed by atoms with van der Waals surface area (Å²) in [6.07, 6.45) is -0.258. The molecule has 3 rings (SSSR count). The second-order valence-electron chi connectivity index (χ2n) is 8.68. The van der Waals surface area contributed by atoms with Crippen molar-refractivity contribution in [2.75, 3.05) is 37.7 Å². The predicted octanol–water partition coefficient (Wildman–Crippen LogP) is 4.87. The summed E-state index contributed by atoms with van der Waals surface area (Å²) >= 11 is 0. The molecular formula is C25H32FN3O3. The number of rotatable bonds is 5. The highest BCUT2D eigenvalue weighted by Crippen LogP contribution is 2.20. The first-order chi connectivity index (χ1) is 15.2. The molecule has 0 unspecified atom stereocenters. The lowest BCUT2D eigenvalue weighted by molar-refractivity contribution is 0.0240. The first kappa shape index (κ1) is 23.6. The number of hydrogen-bond acceptors (Lipinski definition) is 5. The van der Waals surface area contributed by atoms with E-state index in [0.717, 1.165) is 29.9 Å². The van der Waals surface area contributed by atoms with E-state index in [0.29, 0.717) is 32.1 Å². The highest BCUT2D eigenvalue weighted by Gasteiger charge is 2.26. The fraction of sp³-hybridized carbons (Fsp3) is 0.440. The largest absolute Gasteiger partial charge is 0.478 e. The molecule has 0 aromatic heterocycles. The predicted molar refractivity (Wildman–Crippen MR) is 125 cm³/mol. The molecule has 1 aliphatic rings. The highest BCUT2D eigenvalue weighted by molar-refractivity contribution is 5.94. The third-order valence-corrected chi connectivity index (χ3v) is 5.01. The number of aliphatic imine (C=N–C) groups is 1. The molecule has 2 aromatic carbocycles. The Kier molecular flexibility index (Phi) is 7.72. The number of carbonyl (C=O) groups is 1. The summed E-state index contributed by atoms with van der Waals surface area (Å²) in [5.41, 5.74) is 2.42. The van der Waals surface area contributed by atoms with Crippen LogP contribution in [0.3, 0.4) is 0 Å². The summed E-state index contributed by atoms with van der Waals surface area (Å²) in [6.45, 7) is 11.2. The first-order valence-corrected chi connectivity index (χ1v) is 11.0. The molecule has 1 saturated heterocycles. The van der Waals surface area contributed by atoms with Crippen LogP contribution in [0.5, 0.6) is 0 Å². The van der Waals surface area contributed by atoms with Gasteiger partial charge in [0.05, 0.1) is 13.2 Å². The third kappa shape index (κ3) is 6.70. The van der Waals surface area contributed by atoms with Gasteiger partial charge in [-0.25, -0.2) is 14.2 Å². The Morgan fingerprint density at radius 1 is 1.00 bits per heavy atom. The van der Waals surface area contributed by atoms with E-state index >= 15 is 0 Å². The summed E-state index contributed by atoms with van der Waals surface area (Å²) < 4.78 is 24.3. The Balaban J connectivity index is 1.61. The van der Waals surface area contributed by atoms with Gasteiger partial charge in [0.15, 0.2) is 0 Å². The zero-order chi connectivity index (χ0) is 23.1. The maximum Gasteiger partial charge on any atom is 0.410 e. The molecule has 0 spiro atoms. The van der Waals surface area contributed by atoms with E-state index in [1.54, 1.807) is 17.0 Å². The highest BCUT2D eigenvalue weighted by atomic mass is 19.1. The van der Waals surface area contributed by atoms with Crippen molar-refractivity contribution in [2.24, 2.45) is 4.99 Å². The van der Waals surface area contributed by atoms with Gasteiger partial charge in [-0.1, -0.05) is 12.1 Å². The molecule has 32 heavy (non-hydrogen) atoms. The van der Waals surface area contributed by atoms with E-state index in [1.807, 2.05) is 52.0 Å². The molecular weight excluding hydrogens is 409 g/mol. The first-order valence-electron chi connectivity index (χ1n) is 11.0. The fourth-order valence-electron chi connectivity index (χ4n) is 3.40. The van der Waals surface area contributed by atoms with Crippen molar-refractivity contribution in [3.63, 3.8) is 0 Å². The number of benzene rings is 2. The van der Waals surface area contributed by atoms with Crippen LogP contribution in [0.1, 0.15) is 38.8 Å². The molecule has 2 aromatic rings. The summed E-state index contributed by atoms with van der Waals surface area (Å²) in [7, 11) is 0. The SMILES string of the molecule is CCOC(=NCc1ccc(F)cc1)c1ccc(N2CCN(C(=O)OC(C)(C)C)CC2)cc1. The standard InChI is InChI=1S/C25H32FN3O3/c1-5-31-23(27-18-19-6-10-21(26)11-7-19)20-8-12-22(13-9-20)28-14-16-29(17-15-28)24(30)32-25(2,3)4/h6-13H,5,14-18H2,1-4H3. The van der Waals surface area contributed by atoms with Gasteiger partial charge in [-0.15, -0.1) is 0 Å². The second-order valence-corrected chi connectivity index (χ2v) is 8.68. The maximum absolute atomic E-state index is 13.1. The van der Waals surface area contributed by atoms with E-state index < -0.39 is 5.60 Å². The molecule has 0 bridgehead atoms. The van der Waals surface area contributed by atoms with Crippen molar-refractivity contribution < 1.29 is 18.7 Å². The number of carbonyl (C=O) groups excluding carboxylic acids is 1. The zero-order valence-electron chi connectivity index (χ0n) is 19.3.